The van der Waals surface area contributed by atoms with Crippen LogP contribution < -0.4 is 21.2 Å². The van der Waals surface area contributed by atoms with E-state index in [1.54, 1.807) is 37.3 Å². The summed E-state index contributed by atoms with van der Waals surface area (Å²) in [4.78, 5) is 28.0. The van der Waals surface area contributed by atoms with Crippen molar-refractivity contribution in [2.45, 2.75) is 25.8 Å². The van der Waals surface area contributed by atoms with Crippen molar-refractivity contribution in [2.24, 2.45) is 13.0 Å². The molecule has 154 valence electrons. The molecule has 0 saturated heterocycles. The second-order valence-corrected chi connectivity index (χ2v) is 8.06. The summed E-state index contributed by atoms with van der Waals surface area (Å²) in [5.41, 5.74) is 1.08. The monoisotopic (exact) mass is 424 g/mol. The van der Waals surface area contributed by atoms with Gasteiger partial charge in [0.1, 0.15) is 23.2 Å². The first-order valence-electron chi connectivity index (χ1n) is 9.73. The number of nitrogens with one attached hydrogen (secondary N) is 2. The Hall–Kier alpha value is -3.24. The minimum absolute atomic E-state index is 0.260. The summed E-state index contributed by atoms with van der Waals surface area (Å²) in [5.74, 6) is 1.16. The number of H-pyrrole nitrogens is 1. The predicted molar refractivity (Wildman–Crippen MR) is 116 cm³/mol. The summed E-state index contributed by atoms with van der Waals surface area (Å²) < 4.78 is 7.05. The standard InChI is InChI=1S/C22H21ClN4O3/c1-12(25-18-6-5-15(10-24)27(2)22(18)29)16-7-14-8-17(23)20(30-11-13-3-4-13)9-19(14)26-21(16)28/h5-9,12-13,25H,3-4,11H2,1-2H3,(H,26,28). The summed E-state index contributed by atoms with van der Waals surface area (Å²) in [6.07, 6.45) is 2.36. The maximum atomic E-state index is 12.7. The van der Waals surface area contributed by atoms with Crippen LogP contribution in [-0.4, -0.2) is 16.2 Å². The molecule has 7 nitrogen and oxygen atoms in total. The van der Waals surface area contributed by atoms with E-state index in [1.807, 2.05) is 6.07 Å². The molecule has 2 heterocycles. The third-order valence-corrected chi connectivity index (χ3v) is 5.65. The van der Waals surface area contributed by atoms with Crippen LogP contribution in [0.15, 0.2) is 39.9 Å². The number of nitrogens with zero attached hydrogens (tertiary/aromatic N) is 2. The molecule has 1 aromatic carbocycles. The minimum atomic E-state index is -0.441. The van der Waals surface area contributed by atoms with Gasteiger partial charge in [0.2, 0.25) is 0 Å². The van der Waals surface area contributed by atoms with Crippen molar-refractivity contribution < 1.29 is 4.74 Å². The number of anilines is 1. The first-order valence-corrected chi connectivity index (χ1v) is 10.1. The van der Waals surface area contributed by atoms with Gasteiger partial charge in [0, 0.05) is 24.1 Å². The number of benzene rings is 1. The Kier molecular flexibility index (Phi) is 5.27. The van der Waals surface area contributed by atoms with Crippen LogP contribution in [0.3, 0.4) is 0 Å². The molecule has 8 heteroatoms. The zero-order valence-electron chi connectivity index (χ0n) is 16.7. The molecule has 3 aromatic rings. The molecule has 2 aromatic heterocycles. The number of fused-ring (bicyclic) bond motifs is 1. The molecule has 0 aliphatic heterocycles. The Labute approximate surface area is 177 Å². The smallest absolute Gasteiger partial charge is 0.274 e. The quantitative estimate of drug-likeness (QED) is 0.628. The second kappa shape index (κ2) is 7.88. The number of hydrogen-bond donors (Lipinski definition) is 2. The molecule has 0 amide bonds. The van der Waals surface area contributed by atoms with Gasteiger partial charge in [0.15, 0.2) is 0 Å². The highest BCUT2D eigenvalue weighted by atomic mass is 35.5. The van der Waals surface area contributed by atoms with E-state index in [2.05, 4.69) is 10.3 Å². The van der Waals surface area contributed by atoms with Crippen molar-refractivity contribution in [1.29, 1.82) is 5.26 Å². The average Bonchev–Trinajstić information content (AvgIpc) is 3.54. The van der Waals surface area contributed by atoms with Crippen molar-refractivity contribution in [1.82, 2.24) is 9.55 Å². The van der Waals surface area contributed by atoms with Gasteiger partial charge in [-0.1, -0.05) is 11.6 Å². The van der Waals surface area contributed by atoms with Gasteiger partial charge < -0.3 is 19.6 Å². The number of aromatic amines is 1. The van der Waals surface area contributed by atoms with Gasteiger partial charge in [-0.3, -0.25) is 9.59 Å². The lowest BCUT2D eigenvalue weighted by Gasteiger charge is -2.16. The third-order valence-electron chi connectivity index (χ3n) is 5.35. The molecule has 0 bridgehead atoms. The number of rotatable bonds is 6. The van der Waals surface area contributed by atoms with Gasteiger partial charge in [0.25, 0.3) is 11.1 Å². The Morgan fingerprint density at radius 3 is 2.80 bits per heavy atom. The summed E-state index contributed by atoms with van der Waals surface area (Å²) in [5, 5.41) is 13.4. The zero-order chi connectivity index (χ0) is 21.4. The van der Waals surface area contributed by atoms with E-state index in [9.17, 15) is 9.59 Å². The van der Waals surface area contributed by atoms with E-state index in [-0.39, 0.29) is 16.8 Å². The number of pyridine rings is 2. The van der Waals surface area contributed by atoms with Crippen LogP contribution in [0.25, 0.3) is 10.9 Å². The summed E-state index contributed by atoms with van der Waals surface area (Å²) >= 11 is 6.37. The second-order valence-electron chi connectivity index (χ2n) is 7.65. The first-order chi connectivity index (χ1) is 14.4. The fourth-order valence-electron chi connectivity index (χ4n) is 3.32. The molecule has 2 N–H and O–H groups in total. The number of hydrogen-bond acceptors (Lipinski definition) is 5. The Balaban J connectivity index is 1.63. The molecule has 1 saturated carbocycles. The topological polar surface area (TPSA) is 99.9 Å². The SMILES string of the molecule is CC(Nc1ccc(C#N)n(C)c1=O)c1cc2cc(Cl)c(OCC3CC3)cc2[nH]c1=O. The lowest BCUT2D eigenvalue weighted by atomic mass is 10.1. The molecule has 0 spiro atoms. The first kappa shape index (κ1) is 20.0. The lowest BCUT2D eigenvalue weighted by molar-refractivity contribution is 0.300. The number of aromatic nitrogens is 2. The van der Waals surface area contributed by atoms with E-state index in [0.29, 0.717) is 40.1 Å². The molecule has 4 rings (SSSR count). The molecule has 1 aliphatic rings. The van der Waals surface area contributed by atoms with Crippen LogP contribution in [0.5, 0.6) is 5.75 Å². The van der Waals surface area contributed by atoms with Gasteiger partial charge in [-0.2, -0.15) is 5.26 Å². The predicted octanol–water partition coefficient (Wildman–Crippen LogP) is 3.71. The highest BCUT2D eigenvalue weighted by Crippen LogP contribution is 2.33. The van der Waals surface area contributed by atoms with Crippen molar-refractivity contribution in [3.05, 3.63) is 67.3 Å². The molecule has 30 heavy (non-hydrogen) atoms. The van der Waals surface area contributed by atoms with Crippen LogP contribution in [0.1, 0.15) is 37.1 Å². The number of nitriles is 1. The Morgan fingerprint density at radius 1 is 1.33 bits per heavy atom. The highest BCUT2D eigenvalue weighted by molar-refractivity contribution is 6.32. The molecule has 0 radical (unpaired) electrons. The van der Waals surface area contributed by atoms with Crippen molar-refractivity contribution >= 4 is 28.2 Å². The van der Waals surface area contributed by atoms with E-state index in [0.717, 1.165) is 5.39 Å². The van der Waals surface area contributed by atoms with E-state index in [1.165, 1.54) is 24.5 Å². The van der Waals surface area contributed by atoms with Gasteiger partial charge >= 0.3 is 0 Å². The maximum absolute atomic E-state index is 12.7. The third kappa shape index (κ3) is 3.91. The van der Waals surface area contributed by atoms with Crippen LogP contribution in [-0.2, 0) is 7.05 Å². The fourth-order valence-corrected chi connectivity index (χ4v) is 3.54. The Bertz CT molecular complexity index is 1280. The summed E-state index contributed by atoms with van der Waals surface area (Å²) in [7, 11) is 1.53. The molecule has 1 aliphatic carbocycles. The van der Waals surface area contributed by atoms with Crippen LogP contribution in [0.2, 0.25) is 5.02 Å². The van der Waals surface area contributed by atoms with Gasteiger partial charge in [-0.15, -0.1) is 0 Å². The van der Waals surface area contributed by atoms with Crippen molar-refractivity contribution in [3.8, 4) is 11.8 Å². The normalized spacial score (nSPS) is 14.3. The molecule has 1 fully saturated rings. The van der Waals surface area contributed by atoms with E-state index in [4.69, 9.17) is 21.6 Å². The molecular weight excluding hydrogens is 404 g/mol. The van der Waals surface area contributed by atoms with Crippen molar-refractivity contribution in [2.75, 3.05) is 11.9 Å². The summed E-state index contributed by atoms with van der Waals surface area (Å²) in [6.45, 7) is 2.43. The largest absolute Gasteiger partial charge is 0.492 e. The van der Waals surface area contributed by atoms with Gasteiger partial charge in [-0.25, -0.2) is 0 Å². The fraction of sp³-hybridized carbons (Fsp3) is 0.318. The van der Waals surface area contributed by atoms with E-state index >= 15 is 0 Å². The van der Waals surface area contributed by atoms with Crippen LogP contribution in [0.4, 0.5) is 5.69 Å². The highest BCUT2D eigenvalue weighted by Gasteiger charge is 2.22. The molecular formula is C22H21ClN4O3. The minimum Gasteiger partial charge on any atom is -0.492 e. The van der Waals surface area contributed by atoms with Crippen LogP contribution >= 0.6 is 11.6 Å². The maximum Gasteiger partial charge on any atom is 0.274 e. The van der Waals surface area contributed by atoms with Crippen molar-refractivity contribution in [3.63, 3.8) is 0 Å². The van der Waals surface area contributed by atoms with Crippen LogP contribution in [0, 0.1) is 17.2 Å². The average molecular weight is 425 g/mol. The number of ether oxygens (including phenoxy) is 1. The molecule has 1 unspecified atom stereocenters. The van der Waals surface area contributed by atoms with Gasteiger partial charge in [-0.05, 0) is 49.9 Å². The van der Waals surface area contributed by atoms with E-state index < -0.39 is 6.04 Å². The lowest BCUT2D eigenvalue weighted by Crippen LogP contribution is -2.26. The van der Waals surface area contributed by atoms with Gasteiger partial charge in [0.05, 0.1) is 23.2 Å². The zero-order valence-corrected chi connectivity index (χ0v) is 17.4. The summed E-state index contributed by atoms with van der Waals surface area (Å²) in [6, 6.07) is 9.91. The Morgan fingerprint density at radius 2 is 2.10 bits per heavy atom. The number of halogens is 1. The molecule has 1 atom stereocenters.